The highest BCUT2D eigenvalue weighted by Crippen LogP contribution is 2.24. The molecule has 0 amide bonds. The number of carboxylic acid groups (broad SMARTS) is 1. The van der Waals surface area contributed by atoms with E-state index in [2.05, 4.69) is 5.32 Å². The first-order valence-electron chi connectivity index (χ1n) is 6.75. The van der Waals surface area contributed by atoms with E-state index >= 15 is 0 Å². The van der Waals surface area contributed by atoms with Crippen molar-refractivity contribution in [2.75, 3.05) is 12.4 Å². The molecule has 2 aromatic rings. The number of aromatic carboxylic acids is 1. The fraction of sp³-hybridized carbons (Fsp3) is 0.235. The van der Waals surface area contributed by atoms with E-state index in [9.17, 15) is 4.79 Å². The maximum Gasteiger partial charge on any atom is 0.335 e. The Morgan fingerprint density at radius 3 is 2.43 bits per heavy atom. The Morgan fingerprint density at radius 2 is 1.86 bits per heavy atom. The molecule has 0 aliphatic heterocycles. The van der Waals surface area contributed by atoms with E-state index in [1.165, 1.54) is 0 Å². The Labute approximate surface area is 124 Å². The quantitative estimate of drug-likeness (QED) is 0.875. The molecule has 2 rings (SSSR count). The van der Waals surface area contributed by atoms with E-state index in [-0.39, 0.29) is 11.6 Å². The fourth-order valence-corrected chi connectivity index (χ4v) is 2.12. The molecule has 0 aliphatic rings. The Hall–Kier alpha value is -2.49. The lowest BCUT2D eigenvalue weighted by Crippen LogP contribution is -2.09. The highest BCUT2D eigenvalue weighted by Gasteiger charge is 2.10. The van der Waals surface area contributed by atoms with Crippen molar-refractivity contribution in [3.05, 3.63) is 59.2 Å². The zero-order valence-corrected chi connectivity index (χ0v) is 12.4. The molecule has 0 fully saturated rings. The number of ether oxygens (including phenoxy) is 1. The van der Waals surface area contributed by atoms with Crippen molar-refractivity contribution in [1.29, 1.82) is 0 Å². The molecular weight excluding hydrogens is 266 g/mol. The number of aryl methyl sites for hydroxylation is 1. The molecule has 0 saturated carbocycles. The molecule has 0 spiro atoms. The summed E-state index contributed by atoms with van der Waals surface area (Å²) in [5.41, 5.74) is 3.24. The average molecular weight is 285 g/mol. The SMILES string of the molecule is COc1ccc(C(C)Nc2cc(C(=O)O)ccc2C)cc1. The predicted molar refractivity (Wildman–Crippen MR) is 83.2 cm³/mol. The van der Waals surface area contributed by atoms with Crippen LogP contribution < -0.4 is 10.1 Å². The minimum absolute atomic E-state index is 0.0682. The van der Waals surface area contributed by atoms with Gasteiger partial charge in [0.25, 0.3) is 0 Å². The van der Waals surface area contributed by atoms with Crippen LogP contribution in [0.2, 0.25) is 0 Å². The molecule has 0 aromatic heterocycles. The minimum atomic E-state index is -0.921. The van der Waals surface area contributed by atoms with Gasteiger partial charge in [0.2, 0.25) is 0 Å². The van der Waals surface area contributed by atoms with Gasteiger partial charge in [-0.3, -0.25) is 0 Å². The number of methoxy groups -OCH3 is 1. The summed E-state index contributed by atoms with van der Waals surface area (Å²) in [5.74, 6) is -0.106. The molecule has 2 N–H and O–H groups in total. The highest BCUT2D eigenvalue weighted by molar-refractivity contribution is 5.89. The van der Waals surface area contributed by atoms with Crippen molar-refractivity contribution in [3.63, 3.8) is 0 Å². The minimum Gasteiger partial charge on any atom is -0.497 e. The lowest BCUT2D eigenvalue weighted by molar-refractivity contribution is 0.0697. The molecule has 110 valence electrons. The molecule has 4 heteroatoms. The zero-order chi connectivity index (χ0) is 15.4. The van der Waals surface area contributed by atoms with Crippen LogP contribution in [0.15, 0.2) is 42.5 Å². The lowest BCUT2D eigenvalue weighted by atomic mass is 10.1. The first-order chi connectivity index (χ1) is 10.0. The summed E-state index contributed by atoms with van der Waals surface area (Å²) in [5, 5.41) is 12.4. The van der Waals surface area contributed by atoms with Gasteiger partial charge in [0.15, 0.2) is 0 Å². The number of carbonyl (C=O) groups is 1. The van der Waals surface area contributed by atoms with Crippen molar-refractivity contribution in [2.24, 2.45) is 0 Å². The number of carboxylic acids is 1. The smallest absolute Gasteiger partial charge is 0.335 e. The summed E-state index contributed by atoms with van der Waals surface area (Å²) in [6, 6.07) is 13.0. The molecule has 2 aromatic carbocycles. The van der Waals surface area contributed by atoms with E-state index in [4.69, 9.17) is 9.84 Å². The second kappa shape index (κ2) is 6.31. The molecule has 0 radical (unpaired) electrons. The fourth-order valence-electron chi connectivity index (χ4n) is 2.12. The van der Waals surface area contributed by atoms with Gasteiger partial charge in [-0.05, 0) is 49.2 Å². The Morgan fingerprint density at radius 1 is 1.19 bits per heavy atom. The largest absolute Gasteiger partial charge is 0.497 e. The van der Waals surface area contributed by atoms with Crippen LogP contribution in [0.5, 0.6) is 5.75 Å². The van der Waals surface area contributed by atoms with E-state index in [0.29, 0.717) is 0 Å². The third kappa shape index (κ3) is 3.54. The molecule has 0 aliphatic carbocycles. The summed E-state index contributed by atoms with van der Waals surface area (Å²) in [7, 11) is 1.64. The van der Waals surface area contributed by atoms with E-state index in [1.54, 1.807) is 19.2 Å². The molecule has 0 saturated heterocycles. The maximum absolute atomic E-state index is 11.0. The molecule has 21 heavy (non-hydrogen) atoms. The normalized spacial score (nSPS) is 11.8. The maximum atomic E-state index is 11.0. The van der Waals surface area contributed by atoms with E-state index < -0.39 is 5.97 Å². The van der Waals surface area contributed by atoms with Gasteiger partial charge in [-0.25, -0.2) is 4.79 Å². The molecule has 0 heterocycles. The number of hydrogen-bond donors (Lipinski definition) is 2. The molecule has 1 unspecified atom stereocenters. The number of anilines is 1. The van der Waals surface area contributed by atoms with E-state index in [1.807, 2.05) is 44.2 Å². The summed E-state index contributed by atoms with van der Waals surface area (Å²) in [6.07, 6.45) is 0. The number of hydrogen-bond acceptors (Lipinski definition) is 3. The first-order valence-corrected chi connectivity index (χ1v) is 6.75. The van der Waals surface area contributed by atoms with Gasteiger partial charge >= 0.3 is 5.97 Å². The van der Waals surface area contributed by atoms with Gasteiger partial charge in [0.05, 0.1) is 12.7 Å². The zero-order valence-electron chi connectivity index (χ0n) is 12.4. The Kier molecular flexibility index (Phi) is 4.48. The van der Waals surface area contributed by atoms with Gasteiger partial charge in [-0.2, -0.15) is 0 Å². The molecule has 0 bridgehead atoms. The van der Waals surface area contributed by atoms with Crippen molar-refractivity contribution in [3.8, 4) is 5.75 Å². The molecule has 1 atom stereocenters. The van der Waals surface area contributed by atoms with Gasteiger partial charge in [0, 0.05) is 11.7 Å². The predicted octanol–water partition coefficient (Wildman–Crippen LogP) is 3.87. The Balaban J connectivity index is 2.19. The number of benzene rings is 2. The van der Waals surface area contributed by atoms with Crippen LogP contribution in [-0.2, 0) is 0 Å². The molecule has 4 nitrogen and oxygen atoms in total. The van der Waals surface area contributed by atoms with Crippen LogP contribution >= 0.6 is 0 Å². The third-order valence-corrected chi connectivity index (χ3v) is 3.47. The molecular formula is C17H19NO3. The van der Waals surface area contributed by atoms with Crippen LogP contribution in [0.4, 0.5) is 5.69 Å². The van der Waals surface area contributed by atoms with Crippen molar-refractivity contribution >= 4 is 11.7 Å². The van der Waals surface area contributed by atoms with Gasteiger partial charge in [0.1, 0.15) is 5.75 Å². The van der Waals surface area contributed by atoms with Gasteiger partial charge in [-0.1, -0.05) is 18.2 Å². The van der Waals surface area contributed by atoms with Crippen LogP contribution in [-0.4, -0.2) is 18.2 Å². The van der Waals surface area contributed by atoms with Crippen LogP contribution in [0, 0.1) is 6.92 Å². The van der Waals surface area contributed by atoms with Crippen LogP contribution in [0.25, 0.3) is 0 Å². The van der Waals surface area contributed by atoms with Crippen LogP contribution in [0.3, 0.4) is 0 Å². The summed E-state index contributed by atoms with van der Waals surface area (Å²) in [4.78, 5) is 11.0. The van der Waals surface area contributed by atoms with Crippen molar-refractivity contribution < 1.29 is 14.6 Å². The third-order valence-electron chi connectivity index (χ3n) is 3.47. The summed E-state index contributed by atoms with van der Waals surface area (Å²) < 4.78 is 5.14. The standard InChI is InChI=1S/C17H19NO3/c1-11-4-5-14(17(19)20)10-16(11)18-12(2)13-6-8-15(21-3)9-7-13/h4-10,12,18H,1-3H3,(H,19,20). The topological polar surface area (TPSA) is 58.6 Å². The number of rotatable bonds is 5. The lowest BCUT2D eigenvalue weighted by Gasteiger charge is -2.18. The van der Waals surface area contributed by atoms with Gasteiger partial charge in [-0.15, -0.1) is 0 Å². The first kappa shape index (κ1) is 14.9. The summed E-state index contributed by atoms with van der Waals surface area (Å²) in [6.45, 7) is 3.99. The highest BCUT2D eigenvalue weighted by atomic mass is 16.5. The summed E-state index contributed by atoms with van der Waals surface area (Å²) >= 11 is 0. The second-order valence-corrected chi connectivity index (χ2v) is 4.97. The Bertz CT molecular complexity index is 635. The number of nitrogens with one attached hydrogen (secondary N) is 1. The van der Waals surface area contributed by atoms with Crippen LogP contribution in [0.1, 0.15) is 34.5 Å². The average Bonchev–Trinajstić information content (AvgIpc) is 2.49. The monoisotopic (exact) mass is 285 g/mol. The second-order valence-electron chi connectivity index (χ2n) is 4.97. The van der Waals surface area contributed by atoms with Crippen molar-refractivity contribution in [1.82, 2.24) is 0 Å². The van der Waals surface area contributed by atoms with E-state index in [0.717, 1.165) is 22.6 Å². The van der Waals surface area contributed by atoms with Crippen molar-refractivity contribution in [2.45, 2.75) is 19.9 Å². The van der Waals surface area contributed by atoms with Gasteiger partial charge < -0.3 is 15.2 Å².